The maximum atomic E-state index is 10.8. The zero-order chi connectivity index (χ0) is 21.0. The lowest BCUT2D eigenvalue weighted by molar-refractivity contribution is -0.137. The molecule has 0 unspecified atom stereocenters. The molecule has 156 valence electrons. The zero-order valence-electron chi connectivity index (χ0n) is 17.1. The van der Waals surface area contributed by atoms with Crippen molar-refractivity contribution < 1.29 is 24.9 Å². The Morgan fingerprint density at radius 1 is 1.45 bits per heavy atom. The molecule has 2 aliphatic carbocycles. The minimum absolute atomic E-state index is 0.0273. The number of carbonyl (C=O) groups is 1. The van der Waals surface area contributed by atoms with Gasteiger partial charge in [0.05, 0.1) is 12.2 Å². The molecule has 0 bridgehead atoms. The van der Waals surface area contributed by atoms with Crippen molar-refractivity contribution in [2.75, 3.05) is 0 Å². The normalized spacial score (nSPS) is 27.4. The van der Waals surface area contributed by atoms with Crippen LogP contribution in [-0.2, 0) is 9.53 Å². The van der Waals surface area contributed by atoms with Gasteiger partial charge in [-0.1, -0.05) is 31.2 Å². The number of carboxylic acids is 1. The minimum Gasteiger partial charge on any atom is -0.485 e. The highest BCUT2D eigenvalue weighted by Crippen LogP contribution is 2.48. The quantitative estimate of drug-likeness (QED) is 0.430. The molecule has 0 radical (unpaired) electrons. The number of aliphatic hydroxyl groups is 2. The largest absolute Gasteiger partial charge is 0.485 e. The molecule has 0 aromatic rings. The van der Waals surface area contributed by atoms with Crippen molar-refractivity contribution in [1.82, 2.24) is 0 Å². The van der Waals surface area contributed by atoms with Gasteiger partial charge in [-0.2, -0.15) is 0 Å². The Kier molecular flexibility index (Phi) is 7.00. The first-order chi connectivity index (χ1) is 13.9. The lowest BCUT2D eigenvalue weighted by atomic mass is 9.88. The fraction of sp³-hybridized carbons (Fsp3) is 0.542. The van der Waals surface area contributed by atoms with E-state index in [1.165, 1.54) is 0 Å². The highest BCUT2D eigenvalue weighted by molar-refractivity contribution is 5.66. The van der Waals surface area contributed by atoms with Gasteiger partial charge in [-0.05, 0) is 43.3 Å². The van der Waals surface area contributed by atoms with Gasteiger partial charge >= 0.3 is 5.97 Å². The second-order valence-corrected chi connectivity index (χ2v) is 8.06. The molecular formula is C24H30O5. The van der Waals surface area contributed by atoms with Crippen molar-refractivity contribution in [3.63, 3.8) is 0 Å². The summed E-state index contributed by atoms with van der Waals surface area (Å²) in [4.78, 5) is 10.8. The average molecular weight is 398 g/mol. The zero-order valence-corrected chi connectivity index (χ0v) is 17.1. The maximum absolute atomic E-state index is 10.8. The van der Waals surface area contributed by atoms with Gasteiger partial charge < -0.3 is 20.1 Å². The molecule has 0 saturated heterocycles. The van der Waals surface area contributed by atoms with E-state index in [1.807, 2.05) is 19.1 Å². The van der Waals surface area contributed by atoms with Crippen LogP contribution in [0.1, 0.15) is 52.4 Å². The molecule has 3 aliphatic rings. The first kappa shape index (κ1) is 21.4. The van der Waals surface area contributed by atoms with Crippen LogP contribution in [0.2, 0.25) is 0 Å². The molecule has 0 aromatic heterocycles. The van der Waals surface area contributed by atoms with E-state index in [4.69, 9.17) is 9.84 Å². The van der Waals surface area contributed by atoms with E-state index in [0.29, 0.717) is 25.7 Å². The average Bonchev–Trinajstić information content (AvgIpc) is 3.19. The molecule has 3 N–H and O–H groups in total. The Bertz CT molecular complexity index is 820. The van der Waals surface area contributed by atoms with E-state index < -0.39 is 18.2 Å². The summed E-state index contributed by atoms with van der Waals surface area (Å²) in [5, 5.41) is 29.9. The fourth-order valence-corrected chi connectivity index (χ4v) is 4.31. The molecule has 0 spiro atoms. The number of aliphatic hydroxyl groups excluding tert-OH is 2. The Labute approximate surface area is 172 Å². The Balaban J connectivity index is 1.78. The fourth-order valence-electron chi connectivity index (χ4n) is 4.31. The van der Waals surface area contributed by atoms with Gasteiger partial charge in [0, 0.05) is 30.8 Å². The van der Waals surface area contributed by atoms with Crippen LogP contribution in [-0.4, -0.2) is 39.6 Å². The van der Waals surface area contributed by atoms with Crippen molar-refractivity contribution in [3.05, 3.63) is 46.8 Å². The minimum atomic E-state index is -0.788. The van der Waals surface area contributed by atoms with Crippen molar-refractivity contribution in [3.8, 4) is 11.8 Å². The van der Waals surface area contributed by atoms with Gasteiger partial charge in [-0.3, -0.25) is 4.79 Å². The first-order valence-corrected chi connectivity index (χ1v) is 10.4. The molecule has 5 heteroatoms. The molecule has 1 saturated carbocycles. The molecule has 5 atom stereocenters. The number of ether oxygens (including phenoxy) is 1. The molecule has 0 aromatic carbocycles. The van der Waals surface area contributed by atoms with Crippen LogP contribution in [0.3, 0.4) is 0 Å². The van der Waals surface area contributed by atoms with E-state index >= 15 is 0 Å². The van der Waals surface area contributed by atoms with Crippen molar-refractivity contribution >= 4 is 5.97 Å². The maximum Gasteiger partial charge on any atom is 0.303 e. The predicted octanol–water partition coefficient (Wildman–Crippen LogP) is 3.50. The van der Waals surface area contributed by atoms with Gasteiger partial charge in [0.25, 0.3) is 0 Å². The first-order valence-electron chi connectivity index (χ1n) is 10.4. The summed E-state index contributed by atoms with van der Waals surface area (Å²) in [6, 6.07) is 0. The van der Waals surface area contributed by atoms with Crippen LogP contribution in [0.25, 0.3) is 0 Å². The summed E-state index contributed by atoms with van der Waals surface area (Å²) in [6.07, 6.45) is 9.84. The Morgan fingerprint density at radius 2 is 2.24 bits per heavy atom. The molecule has 1 fully saturated rings. The van der Waals surface area contributed by atoms with Crippen molar-refractivity contribution in [2.24, 2.45) is 11.8 Å². The van der Waals surface area contributed by atoms with Crippen LogP contribution in [0.15, 0.2) is 46.8 Å². The number of rotatable bonds is 8. The highest BCUT2D eigenvalue weighted by Gasteiger charge is 2.45. The molecular weight excluding hydrogens is 368 g/mol. The number of allylic oxidation sites excluding steroid dienone is 4. The number of aliphatic carboxylic acids is 1. The second kappa shape index (κ2) is 9.47. The van der Waals surface area contributed by atoms with E-state index in [9.17, 15) is 15.0 Å². The summed E-state index contributed by atoms with van der Waals surface area (Å²) in [7, 11) is 0. The van der Waals surface area contributed by atoms with Crippen LogP contribution in [0.4, 0.5) is 0 Å². The van der Waals surface area contributed by atoms with Crippen LogP contribution in [0, 0.1) is 23.7 Å². The van der Waals surface area contributed by atoms with Gasteiger partial charge in [0.1, 0.15) is 11.9 Å². The third-order valence-corrected chi connectivity index (χ3v) is 5.93. The van der Waals surface area contributed by atoms with Crippen LogP contribution < -0.4 is 0 Å². The molecule has 3 rings (SSSR count). The lowest BCUT2D eigenvalue weighted by Crippen LogP contribution is -2.17. The third-order valence-electron chi connectivity index (χ3n) is 5.93. The van der Waals surface area contributed by atoms with Crippen molar-refractivity contribution in [1.29, 1.82) is 0 Å². The van der Waals surface area contributed by atoms with Crippen LogP contribution in [0.5, 0.6) is 0 Å². The van der Waals surface area contributed by atoms with Crippen molar-refractivity contribution in [2.45, 2.75) is 70.7 Å². The standard InChI is InChI=1S/C24H30O5/c1-3-4-7-15(2)19(25)13-12-17-20(26)14-21-23(17)18-10-5-8-16(24(18)29-21)9-6-11-22(27)28/h5,8,12-13,15,17,19-21,25-26H,6-7,9-11,14H2,1-2H3,(H,27,28)/b13-12+/t15-,17-,19+,20+,21-/m0/s1. The molecule has 29 heavy (non-hydrogen) atoms. The SMILES string of the molecule is CC#CC[C@H](C)[C@H](O)/C=C/[C@@H]1C2=C3CC=CC(CCCC(=O)O)=C3O[C@H]2C[C@H]1O. The van der Waals surface area contributed by atoms with Gasteiger partial charge in [0.2, 0.25) is 0 Å². The number of hydrogen-bond donors (Lipinski definition) is 3. The van der Waals surface area contributed by atoms with Gasteiger partial charge in [0.15, 0.2) is 0 Å². The highest BCUT2D eigenvalue weighted by atomic mass is 16.5. The molecule has 1 heterocycles. The van der Waals surface area contributed by atoms with Gasteiger partial charge in [-0.25, -0.2) is 0 Å². The summed E-state index contributed by atoms with van der Waals surface area (Å²) in [6.45, 7) is 3.75. The van der Waals surface area contributed by atoms with E-state index in [2.05, 4.69) is 17.9 Å². The summed E-state index contributed by atoms with van der Waals surface area (Å²) >= 11 is 0. The Hall–Kier alpha value is -2.29. The number of fused-ring (bicyclic) bond motifs is 2. The third kappa shape index (κ3) is 4.83. The number of carboxylic acid groups (broad SMARTS) is 1. The van der Waals surface area contributed by atoms with Crippen LogP contribution >= 0.6 is 0 Å². The van der Waals surface area contributed by atoms with E-state index in [0.717, 1.165) is 28.9 Å². The summed E-state index contributed by atoms with van der Waals surface area (Å²) in [5.41, 5.74) is 3.27. The second-order valence-electron chi connectivity index (χ2n) is 8.06. The molecule has 5 nitrogen and oxygen atoms in total. The monoisotopic (exact) mass is 398 g/mol. The predicted molar refractivity (Wildman–Crippen MR) is 111 cm³/mol. The number of hydrogen-bond acceptors (Lipinski definition) is 4. The molecule has 1 aliphatic heterocycles. The smallest absolute Gasteiger partial charge is 0.303 e. The Morgan fingerprint density at radius 3 is 2.97 bits per heavy atom. The van der Waals surface area contributed by atoms with Gasteiger partial charge in [-0.15, -0.1) is 11.8 Å². The van der Waals surface area contributed by atoms with E-state index in [1.54, 1.807) is 13.0 Å². The van der Waals surface area contributed by atoms with E-state index in [-0.39, 0.29) is 24.4 Å². The lowest BCUT2D eigenvalue weighted by Gasteiger charge is -2.19. The summed E-state index contributed by atoms with van der Waals surface area (Å²) in [5.74, 6) is 5.79. The summed E-state index contributed by atoms with van der Waals surface area (Å²) < 4.78 is 6.20. The topological polar surface area (TPSA) is 87.0 Å². The molecule has 0 amide bonds.